The van der Waals surface area contributed by atoms with E-state index in [0.29, 0.717) is 38.4 Å². The number of benzene rings is 1. The maximum Gasteiger partial charge on any atom is 0.289 e. The van der Waals surface area contributed by atoms with E-state index in [2.05, 4.69) is 31.2 Å². The second-order valence-electron chi connectivity index (χ2n) is 6.14. The Balaban J connectivity index is 1.46. The molecule has 24 heavy (non-hydrogen) atoms. The SMILES string of the molecule is Cc1ccc(CCC(=O)N2CCN(C(=O)c3ccco3)CC2)cc1. The van der Waals surface area contributed by atoms with Crippen molar-refractivity contribution in [2.45, 2.75) is 19.8 Å². The van der Waals surface area contributed by atoms with E-state index in [9.17, 15) is 9.59 Å². The van der Waals surface area contributed by atoms with Gasteiger partial charge in [0, 0.05) is 32.6 Å². The Kier molecular flexibility index (Phi) is 4.99. The summed E-state index contributed by atoms with van der Waals surface area (Å²) in [6.45, 7) is 4.32. The number of furan rings is 1. The Morgan fingerprint density at radius 1 is 1.00 bits per heavy atom. The van der Waals surface area contributed by atoms with E-state index in [1.54, 1.807) is 17.0 Å². The summed E-state index contributed by atoms with van der Waals surface area (Å²) in [4.78, 5) is 28.1. The first-order chi connectivity index (χ1) is 11.6. The quantitative estimate of drug-likeness (QED) is 0.867. The van der Waals surface area contributed by atoms with E-state index in [0.717, 1.165) is 6.42 Å². The fraction of sp³-hybridized carbons (Fsp3) is 0.368. The highest BCUT2D eigenvalue weighted by Crippen LogP contribution is 2.12. The van der Waals surface area contributed by atoms with Gasteiger partial charge < -0.3 is 14.2 Å². The summed E-state index contributed by atoms with van der Waals surface area (Å²) < 4.78 is 5.15. The monoisotopic (exact) mass is 326 g/mol. The number of carbonyl (C=O) groups is 2. The van der Waals surface area contributed by atoms with Crippen molar-refractivity contribution in [3.63, 3.8) is 0 Å². The molecule has 1 saturated heterocycles. The van der Waals surface area contributed by atoms with Gasteiger partial charge in [0.15, 0.2) is 5.76 Å². The number of carbonyl (C=O) groups excluding carboxylic acids is 2. The van der Waals surface area contributed by atoms with Gasteiger partial charge in [-0.15, -0.1) is 0 Å². The molecule has 0 N–H and O–H groups in total. The number of amides is 2. The number of hydrogen-bond acceptors (Lipinski definition) is 3. The number of aryl methyl sites for hydroxylation is 2. The normalized spacial score (nSPS) is 14.7. The van der Waals surface area contributed by atoms with Crippen LogP contribution in [-0.2, 0) is 11.2 Å². The average Bonchev–Trinajstić information content (AvgIpc) is 3.15. The fourth-order valence-electron chi connectivity index (χ4n) is 2.88. The molecule has 0 radical (unpaired) electrons. The van der Waals surface area contributed by atoms with Crippen LogP contribution in [0.25, 0.3) is 0 Å². The Bertz CT molecular complexity index is 684. The average molecular weight is 326 g/mol. The van der Waals surface area contributed by atoms with Crippen LogP contribution in [0.3, 0.4) is 0 Å². The van der Waals surface area contributed by atoms with Crippen LogP contribution in [0.5, 0.6) is 0 Å². The molecule has 2 heterocycles. The highest BCUT2D eigenvalue weighted by atomic mass is 16.3. The van der Waals surface area contributed by atoms with E-state index in [4.69, 9.17) is 4.42 Å². The van der Waals surface area contributed by atoms with Crippen LogP contribution >= 0.6 is 0 Å². The zero-order valence-electron chi connectivity index (χ0n) is 13.9. The zero-order valence-corrected chi connectivity index (χ0v) is 13.9. The maximum atomic E-state index is 12.3. The van der Waals surface area contributed by atoms with Gasteiger partial charge in [-0.05, 0) is 31.0 Å². The number of hydrogen-bond donors (Lipinski definition) is 0. The van der Waals surface area contributed by atoms with Crippen LogP contribution in [0, 0.1) is 6.92 Å². The topological polar surface area (TPSA) is 53.8 Å². The van der Waals surface area contributed by atoms with Gasteiger partial charge in [-0.2, -0.15) is 0 Å². The molecular formula is C19H22N2O3. The molecule has 1 aliphatic heterocycles. The molecule has 0 saturated carbocycles. The van der Waals surface area contributed by atoms with E-state index >= 15 is 0 Å². The third-order valence-electron chi connectivity index (χ3n) is 4.40. The lowest BCUT2D eigenvalue weighted by molar-refractivity contribution is -0.132. The van der Waals surface area contributed by atoms with Crippen molar-refractivity contribution < 1.29 is 14.0 Å². The van der Waals surface area contributed by atoms with Crippen LogP contribution in [0.4, 0.5) is 0 Å². The van der Waals surface area contributed by atoms with Crippen molar-refractivity contribution in [1.29, 1.82) is 0 Å². The van der Waals surface area contributed by atoms with E-state index in [1.165, 1.54) is 17.4 Å². The lowest BCUT2D eigenvalue weighted by Gasteiger charge is -2.34. The lowest BCUT2D eigenvalue weighted by Crippen LogP contribution is -2.50. The van der Waals surface area contributed by atoms with E-state index in [-0.39, 0.29) is 11.8 Å². The fourth-order valence-corrected chi connectivity index (χ4v) is 2.88. The van der Waals surface area contributed by atoms with Gasteiger partial charge in [0.1, 0.15) is 0 Å². The number of rotatable bonds is 4. The highest BCUT2D eigenvalue weighted by Gasteiger charge is 2.25. The summed E-state index contributed by atoms with van der Waals surface area (Å²) in [6.07, 6.45) is 2.76. The first-order valence-corrected chi connectivity index (χ1v) is 8.29. The molecule has 1 aromatic heterocycles. The molecule has 0 atom stereocenters. The molecule has 5 heteroatoms. The van der Waals surface area contributed by atoms with Gasteiger partial charge in [-0.1, -0.05) is 29.8 Å². The molecule has 126 valence electrons. The molecule has 0 spiro atoms. The van der Waals surface area contributed by atoms with Gasteiger partial charge in [-0.25, -0.2) is 0 Å². The molecule has 3 rings (SSSR count). The van der Waals surface area contributed by atoms with Crippen LogP contribution in [0.15, 0.2) is 47.1 Å². The maximum absolute atomic E-state index is 12.3. The van der Waals surface area contributed by atoms with Crippen LogP contribution in [0.1, 0.15) is 28.1 Å². The van der Waals surface area contributed by atoms with E-state index in [1.807, 2.05) is 4.90 Å². The zero-order chi connectivity index (χ0) is 16.9. The van der Waals surface area contributed by atoms with Gasteiger partial charge in [0.2, 0.25) is 5.91 Å². The molecule has 2 amide bonds. The first kappa shape index (κ1) is 16.3. The Morgan fingerprint density at radius 3 is 2.29 bits per heavy atom. The molecule has 1 aliphatic rings. The van der Waals surface area contributed by atoms with Crippen LogP contribution in [-0.4, -0.2) is 47.8 Å². The van der Waals surface area contributed by atoms with Crippen LogP contribution in [0.2, 0.25) is 0 Å². The molecule has 0 bridgehead atoms. The highest BCUT2D eigenvalue weighted by molar-refractivity contribution is 5.91. The Labute approximate surface area is 141 Å². The van der Waals surface area contributed by atoms with Gasteiger partial charge >= 0.3 is 0 Å². The molecule has 0 aliphatic carbocycles. The van der Waals surface area contributed by atoms with E-state index < -0.39 is 0 Å². The second-order valence-corrected chi connectivity index (χ2v) is 6.14. The predicted octanol–water partition coefficient (Wildman–Crippen LogP) is 2.51. The third kappa shape index (κ3) is 3.85. The Hall–Kier alpha value is -2.56. The standard InChI is InChI=1S/C19H22N2O3/c1-15-4-6-16(7-5-15)8-9-18(22)20-10-12-21(13-11-20)19(23)17-3-2-14-24-17/h2-7,14H,8-13H2,1H3. The summed E-state index contributed by atoms with van der Waals surface area (Å²) in [5.41, 5.74) is 2.41. The van der Waals surface area contributed by atoms with Gasteiger partial charge in [0.05, 0.1) is 6.26 Å². The predicted molar refractivity (Wildman–Crippen MR) is 90.7 cm³/mol. The molecule has 0 unspecified atom stereocenters. The molecule has 1 fully saturated rings. The van der Waals surface area contributed by atoms with Gasteiger partial charge in [0.25, 0.3) is 5.91 Å². The first-order valence-electron chi connectivity index (χ1n) is 8.29. The van der Waals surface area contributed by atoms with Crippen molar-refractivity contribution in [2.75, 3.05) is 26.2 Å². The summed E-state index contributed by atoms with van der Waals surface area (Å²) >= 11 is 0. The largest absolute Gasteiger partial charge is 0.459 e. The summed E-state index contributed by atoms with van der Waals surface area (Å²) in [5.74, 6) is 0.404. The molecular weight excluding hydrogens is 304 g/mol. The molecule has 1 aromatic carbocycles. The molecule has 5 nitrogen and oxygen atoms in total. The van der Waals surface area contributed by atoms with Crippen molar-refractivity contribution in [3.05, 3.63) is 59.5 Å². The minimum atomic E-state index is -0.105. The van der Waals surface area contributed by atoms with Crippen molar-refractivity contribution in [3.8, 4) is 0 Å². The van der Waals surface area contributed by atoms with Crippen LogP contribution < -0.4 is 0 Å². The van der Waals surface area contributed by atoms with Crippen molar-refractivity contribution in [2.24, 2.45) is 0 Å². The lowest BCUT2D eigenvalue weighted by atomic mass is 10.1. The number of piperazine rings is 1. The van der Waals surface area contributed by atoms with Crippen molar-refractivity contribution >= 4 is 11.8 Å². The Morgan fingerprint density at radius 2 is 1.67 bits per heavy atom. The summed E-state index contributed by atoms with van der Waals surface area (Å²) in [7, 11) is 0. The smallest absolute Gasteiger partial charge is 0.289 e. The third-order valence-corrected chi connectivity index (χ3v) is 4.40. The summed E-state index contributed by atoms with van der Waals surface area (Å²) in [5, 5.41) is 0. The summed E-state index contributed by atoms with van der Waals surface area (Å²) in [6, 6.07) is 11.7. The van der Waals surface area contributed by atoms with Gasteiger partial charge in [-0.3, -0.25) is 9.59 Å². The minimum absolute atomic E-state index is 0.105. The van der Waals surface area contributed by atoms with Crippen molar-refractivity contribution in [1.82, 2.24) is 9.80 Å². The number of nitrogens with zero attached hydrogens (tertiary/aromatic N) is 2. The second kappa shape index (κ2) is 7.34. The minimum Gasteiger partial charge on any atom is -0.459 e. The molecule has 2 aromatic rings.